The van der Waals surface area contributed by atoms with Gasteiger partial charge in [0.1, 0.15) is 0 Å². The molecule has 76 valence electrons. The number of hydrogen-bond acceptors (Lipinski definition) is 1. The van der Waals surface area contributed by atoms with Gasteiger partial charge in [-0.05, 0) is 36.3 Å². The number of hydrogen-bond donors (Lipinski definition) is 1. The largest absolute Gasteiger partial charge is 0.385 e. The van der Waals surface area contributed by atoms with Crippen LogP contribution in [0.15, 0.2) is 24.3 Å². The van der Waals surface area contributed by atoms with E-state index < -0.39 is 0 Å². The Labute approximate surface area is 86.5 Å². The number of anilines is 1. The lowest BCUT2D eigenvalue weighted by atomic mass is 9.88. The van der Waals surface area contributed by atoms with Crippen LogP contribution in [0.5, 0.6) is 0 Å². The lowest BCUT2D eigenvalue weighted by molar-refractivity contribution is 0.622. The summed E-state index contributed by atoms with van der Waals surface area (Å²) in [6, 6.07) is 8.77. The molecule has 1 aliphatic carbocycles. The topological polar surface area (TPSA) is 12.0 Å². The van der Waals surface area contributed by atoms with E-state index >= 15 is 0 Å². The summed E-state index contributed by atoms with van der Waals surface area (Å²) in [5.41, 5.74) is 3.54. The van der Waals surface area contributed by atoms with Crippen LogP contribution in [0.3, 0.4) is 0 Å². The molecule has 0 amide bonds. The molecular weight excluding hydrogens is 170 g/mol. The summed E-state index contributed by atoms with van der Waals surface area (Å²) < 4.78 is 0. The van der Waals surface area contributed by atoms with E-state index in [4.69, 9.17) is 0 Å². The Hall–Kier alpha value is -0.980. The van der Waals surface area contributed by atoms with Crippen LogP contribution in [0.25, 0.3) is 0 Å². The molecule has 0 radical (unpaired) electrons. The minimum absolute atomic E-state index is 0.599. The van der Waals surface area contributed by atoms with Gasteiger partial charge in [0.05, 0.1) is 0 Å². The number of fused-ring (bicyclic) bond motifs is 2. The third kappa shape index (κ3) is 1.41. The Balaban J connectivity index is 0.000000354. The van der Waals surface area contributed by atoms with Gasteiger partial charge in [-0.3, -0.25) is 0 Å². The first-order chi connectivity index (χ1) is 6.91. The molecule has 1 aromatic carbocycles. The smallest absolute Gasteiger partial charge is 0.0378 e. The highest BCUT2D eigenvalue weighted by Gasteiger charge is 2.46. The molecule has 0 bridgehead atoms. The van der Waals surface area contributed by atoms with Gasteiger partial charge in [0.25, 0.3) is 0 Å². The summed E-state index contributed by atoms with van der Waals surface area (Å²) in [5.74, 6) is 0. The van der Waals surface area contributed by atoms with Gasteiger partial charge in [-0.1, -0.05) is 32.0 Å². The van der Waals surface area contributed by atoms with Gasteiger partial charge >= 0.3 is 0 Å². The van der Waals surface area contributed by atoms with Gasteiger partial charge in [0, 0.05) is 12.2 Å². The molecule has 14 heavy (non-hydrogen) atoms. The number of nitrogens with one attached hydrogen (secondary N) is 1. The Morgan fingerprint density at radius 1 is 1.07 bits per heavy atom. The second-order valence-electron chi connectivity index (χ2n) is 4.00. The third-order valence-corrected chi connectivity index (χ3v) is 3.27. The Morgan fingerprint density at radius 3 is 2.50 bits per heavy atom. The number of para-hydroxylation sites is 1. The molecule has 3 rings (SSSR count). The van der Waals surface area contributed by atoms with Crippen molar-refractivity contribution in [3.8, 4) is 0 Å². The van der Waals surface area contributed by atoms with E-state index in [2.05, 4.69) is 29.6 Å². The molecule has 2 aliphatic rings. The first kappa shape index (κ1) is 9.57. The van der Waals surface area contributed by atoms with Crippen LogP contribution in [0.1, 0.15) is 38.7 Å². The predicted molar refractivity (Wildman–Crippen MR) is 61.8 cm³/mol. The van der Waals surface area contributed by atoms with Crippen molar-refractivity contribution in [2.45, 2.75) is 38.5 Å². The first-order valence-electron chi connectivity index (χ1n) is 5.74. The molecule has 0 atom stereocenters. The summed E-state index contributed by atoms with van der Waals surface area (Å²) in [7, 11) is 0. The molecule has 1 fully saturated rings. The molecule has 1 heterocycles. The zero-order chi connectivity index (χ0) is 10.0. The van der Waals surface area contributed by atoms with Gasteiger partial charge in [0.2, 0.25) is 0 Å². The van der Waals surface area contributed by atoms with Crippen molar-refractivity contribution in [1.82, 2.24) is 0 Å². The maximum Gasteiger partial charge on any atom is 0.0378 e. The number of rotatable bonds is 0. The second-order valence-corrected chi connectivity index (χ2v) is 4.00. The van der Waals surface area contributed by atoms with Crippen LogP contribution in [-0.2, 0) is 5.41 Å². The van der Waals surface area contributed by atoms with E-state index in [1.54, 1.807) is 5.56 Å². The van der Waals surface area contributed by atoms with Crippen molar-refractivity contribution in [3.05, 3.63) is 29.8 Å². The molecule has 1 N–H and O–H groups in total. The zero-order valence-electron chi connectivity index (χ0n) is 9.14. The van der Waals surface area contributed by atoms with Gasteiger partial charge in [-0.15, -0.1) is 0 Å². The molecule has 1 spiro atoms. The highest BCUT2D eigenvalue weighted by Crippen LogP contribution is 2.54. The minimum atomic E-state index is 0.599. The van der Waals surface area contributed by atoms with Crippen molar-refractivity contribution in [2.24, 2.45) is 0 Å². The average molecular weight is 189 g/mol. The molecule has 0 saturated heterocycles. The van der Waals surface area contributed by atoms with E-state index in [9.17, 15) is 0 Å². The first-order valence-corrected chi connectivity index (χ1v) is 5.74. The maximum atomic E-state index is 3.46. The van der Waals surface area contributed by atoms with Crippen LogP contribution in [0.4, 0.5) is 5.69 Å². The van der Waals surface area contributed by atoms with E-state index in [1.165, 1.54) is 24.9 Å². The van der Waals surface area contributed by atoms with Crippen molar-refractivity contribution in [2.75, 3.05) is 11.9 Å². The fourth-order valence-corrected chi connectivity index (χ4v) is 2.34. The Bertz CT molecular complexity index is 313. The van der Waals surface area contributed by atoms with Gasteiger partial charge in [-0.2, -0.15) is 0 Å². The van der Waals surface area contributed by atoms with Crippen molar-refractivity contribution in [3.63, 3.8) is 0 Å². The fourth-order valence-electron chi connectivity index (χ4n) is 2.34. The van der Waals surface area contributed by atoms with Gasteiger partial charge in [0.15, 0.2) is 0 Å². The van der Waals surface area contributed by atoms with Crippen LogP contribution in [-0.4, -0.2) is 6.54 Å². The summed E-state index contributed by atoms with van der Waals surface area (Å²) in [6.45, 7) is 5.16. The van der Waals surface area contributed by atoms with E-state index in [1.807, 2.05) is 13.8 Å². The van der Waals surface area contributed by atoms with Crippen molar-refractivity contribution >= 4 is 5.69 Å². The summed E-state index contributed by atoms with van der Waals surface area (Å²) in [4.78, 5) is 0. The number of benzene rings is 1. The molecule has 0 aromatic heterocycles. The predicted octanol–water partition coefficient (Wildman–Crippen LogP) is 3.56. The minimum Gasteiger partial charge on any atom is -0.385 e. The van der Waals surface area contributed by atoms with Crippen LogP contribution in [0.2, 0.25) is 0 Å². The monoisotopic (exact) mass is 189 g/mol. The summed E-state index contributed by atoms with van der Waals surface area (Å²) in [6.07, 6.45) is 4.15. The lowest BCUT2D eigenvalue weighted by Crippen LogP contribution is -2.21. The van der Waals surface area contributed by atoms with Gasteiger partial charge < -0.3 is 5.32 Å². The van der Waals surface area contributed by atoms with E-state index in [-0.39, 0.29) is 0 Å². The van der Waals surface area contributed by atoms with Crippen molar-refractivity contribution in [1.29, 1.82) is 0 Å². The maximum absolute atomic E-state index is 3.46. The summed E-state index contributed by atoms with van der Waals surface area (Å²) >= 11 is 0. The normalized spacial score (nSPS) is 20.1. The molecule has 1 aliphatic heterocycles. The van der Waals surface area contributed by atoms with Gasteiger partial charge in [-0.25, -0.2) is 0 Å². The molecule has 1 saturated carbocycles. The standard InChI is InChI=1S/C11H13N.C2H6/c1-2-4-10-9(3-1)11(5-6-11)7-8-12-10;1-2/h1-4,12H,5-8H2;1-2H3. The van der Waals surface area contributed by atoms with Crippen LogP contribution < -0.4 is 5.32 Å². The SMILES string of the molecule is CC.c1ccc2c(c1)NCCC21CC1. The molecule has 1 heteroatoms. The molecule has 1 nitrogen and oxygen atoms in total. The van der Waals surface area contributed by atoms with Crippen LogP contribution in [0, 0.1) is 0 Å². The van der Waals surface area contributed by atoms with E-state index in [0.717, 1.165) is 6.54 Å². The summed E-state index contributed by atoms with van der Waals surface area (Å²) in [5, 5.41) is 3.46. The lowest BCUT2D eigenvalue weighted by Gasteiger charge is -2.26. The van der Waals surface area contributed by atoms with Crippen LogP contribution >= 0.6 is 0 Å². The second kappa shape index (κ2) is 3.64. The Kier molecular flexibility index (Phi) is 2.49. The quantitative estimate of drug-likeness (QED) is 0.658. The molecule has 1 aromatic rings. The highest BCUT2D eigenvalue weighted by molar-refractivity contribution is 5.58. The molecular formula is C13H19N. The fraction of sp³-hybridized carbons (Fsp3) is 0.538. The third-order valence-electron chi connectivity index (χ3n) is 3.27. The average Bonchev–Trinajstić information content (AvgIpc) is 3.03. The van der Waals surface area contributed by atoms with E-state index in [0.29, 0.717) is 5.41 Å². The zero-order valence-corrected chi connectivity index (χ0v) is 9.14. The highest BCUT2D eigenvalue weighted by atomic mass is 14.9. The van der Waals surface area contributed by atoms with Crippen molar-refractivity contribution < 1.29 is 0 Å². The molecule has 0 unspecified atom stereocenters. The Morgan fingerprint density at radius 2 is 1.79 bits per heavy atom.